The largest absolute Gasteiger partial charge is 0.0642 e. The summed E-state index contributed by atoms with van der Waals surface area (Å²) in [6.07, 6.45) is 4.61. The van der Waals surface area contributed by atoms with Crippen molar-refractivity contribution in [3.63, 3.8) is 0 Å². The van der Waals surface area contributed by atoms with E-state index in [4.69, 9.17) is 0 Å². The molecule has 0 saturated heterocycles. The second-order valence-corrected chi connectivity index (χ2v) is 7.49. The zero-order valence-electron chi connectivity index (χ0n) is 15.2. The van der Waals surface area contributed by atoms with Crippen LogP contribution in [0.1, 0.15) is 74.3 Å². The van der Waals surface area contributed by atoms with Crippen molar-refractivity contribution in [3.8, 4) is 11.1 Å². The van der Waals surface area contributed by atoms with Crippen molar-refractivity contribution in [2.75, 3.05) is 0 Å². The average molecular weight is 303 g/mol. The lowest BCUT2D eigenvalue weighted by atomic mass is 9.87. The maximum absolute atomic E-state index is 2.39. The molecule has 2 aromatic carbocycles. The van der Waals surface area contributed by atoms with Crippen LogP contribution in [0, 0.1) is 13.3 Å². The van der Waals surface area contributed by atoms with Crippen molar-refractivity contribution in [2.24, 2.45) is 0 Å². The molecule has 0 N–H and O–H groups in total. The Kier molecular flexibility index (Phi) is 4.19. The van der Waals surface area contributed by atoms with Gasteiger partial charge in [-0.1, -0.05) is 69.7 Å². The zero-order valence-corrected chi connectivity index (χ0v) is 15.2. The van der Waals surface area contributed by atoms with Gasteiger partial charge in [0.25, 0.3) is 0 Å². The number of rotatable bonds is 3. The number of aryl methyl sites for hydroxylation is 1. The Morgan fingerprint density at radius 3 is 1.96 bits per heavy atom. The highest BCUT2D eigenvalue weighted by Crippen LogP contribution is 2.39. The minimum atomic E-state index is 0.549. The fraction of sp³-hybridized carbons (Fsp3) is 0.348. The zero-order chi connectivity index (χ0) is 16.7. The molecule has 0 amide bonds. The van der Waals surface area contributed by atoms with Crippen LogP contribution in [0.3, 0.4) is 0 Å². The van der Waals surface area contributed by atoms with E-state index in [0.717, 1.165) is 0 Å². The van der Waals surface area contributed by atoms with Gasteiger partial charge in [0.2, 0.25) is 0 Å². The molecular formula is C23H27. The van der Waals surface area contributed by atoms with Crippen LogP contribution in [-0.2, 0) is 0 Å². The van der Waals surface area contributed by atoms with Gasteiger partial charge in [0.15, 0.2) is 0 Å². The smallest absolute Gasteiger partial charge is 0.0161 e. The van der Waals surface area contributed by atoms with Crippen LogP contribution in [0.15, 0.2) is 35.9 Å². The summed E-state index contributed by atoms with van der Waals surface area (Å²) in [7, 11) is 0. The second-order valence-electron chi connectivity index (χ2n) is 7.49. The monoisotopic (exact) mass is 303 g/mol. The Bertz CT molecular complexity index is 747. The number of hydrogen-bond donors (Lipinski definition) is 0. The summed E-state index contributed by atoms with van der Waals surface area (Å²) in [5.41, 5.74) is 11.1. The maximum atomic E-state index is 2.39. The molecule has 1 radical (unpaired) electrons. The van der Waals surface area contributed by atoms with E-state index in [0.29, 0.717) is 11.8 Å². The Balaban J connectivity index is 2.26. The molecule has 0 bridgehead atoms. The summed E-state index contributed by atoms with van der Waals surface area (Å²) < 4.78 is 0. The molecule has 0 nitrogen and oxygen atoms in total. The van der Waals surface area contributed by atoms with E-state index in [9.17, 15) is 0 Å². The highest BCUT2D eigenvalue weighted by Gasteiger charge is 2.18. The van der Waals surface area contributed by atoms with Crippen molar-refractivity contribution < 1.29 is 0 Å². The molecule has 0 unspecified atom stereocenters. The Hall–Kier alpha value is -1.82. The van der Waals surface area contributed by atoms with Crippen LogP contribution in [0.4, 0.5) is 0 Å². The van der Waals surface area contributed by atoms with Crippen LogP contribution in [0.5, 0.6) is 0 Å². The first-order valence-corrected chi connectivity index (χ1v) is 8.68. The molecule has 0 saturated carbocycles. The molecule has 0 heterocycles. The van der Waals surface area contributed by atoms with Crippen LogP contribution in [0.25, 0.3) is 17.2 Å². The van der Waals surface area contributed by atoms with Crippen molar-refractivity contribution in [1.82, 2.24) is 0 Å². The minimum absolute atomic E-state index is 0.549. The normalized spacial score (nSPS) is 13.7. The van der Waals surface area contributed by atoms with Gasteiger partial charge in [0.1, 0.15) is 0 Å². The summed E-state index contributed by atoms with van der Waals surface area (Å²) in [6.45, 7) is 13.5. The first-order valence-electron chi connectivity index (χ1n) is 8.68. The molecule has 0 heteroatoms. The Morgan fingerprint density at radius 2 is 1.39 bits per heavy atom. The lowest BCUT2D eigenvalue weighted by molar-refractivity contribution is 0.834. The highest BCUT2D eigenvalue weighted by molar-refractivity contribution is 5.85. The fourth-order valence-corrected chi connectivity index (χ4v) is 3.41. The summed E-state index contributed by atoms with van der Waals surface area (Å²) in [4.78, 5) is 0. The van der Waals surface area contributed by atoms with Gasteiger partial charge in [0, 0.05) is 6.42 Å². The molecule has 1 aliphatic rings. The van der Waals surface area contributed by atoms with Gasteiger partial charge in [-0.25, -0.2) is 0 Å². The van der Waals surface area contributed by atoms with Crippen LogP contribution < -0.4 is 0 Å². The van der Waals surface area contributed by atoms with E-state index >= 15 is 0 Å². The summed E-state index contributed by atoms with van der Waals surface area (Å²) in [6, 6.07) is 11.7. The number of hydrogen-bond acceptors (Lipinski definition) is 0. The third kappa shape index (κ3) is 3.00. The van der Waals surface area contributed by atoms with Crippen molar-refractivity contribution >= 4 is 6.08 Å². The van der Waals surface area contributed by atoms with Crippen molar-refractivity contribution in [2.45, 2.75) is 53.4 Å². The van der Waals surface area contributed by atoms with Crippen molar-refractivity contribution in [1.29, 1.82) is 0 Å². The van der Waals surface area contributed by atoms with E-state index < -0.39 is 0 Å². The predicted molar refractivity (Wildman–Crippen MR) is 102 cm³/mol. The van der Waals surface area contributed by atoms with Crippen molar-refractivity contribution in [3.05, 3.63) is 70.1 Å². The van der Waals surface area contributed by atoms with Gasteiger partial charge in [-0.3, -0.25) is 0 Å². The van der Waals surface area contributed by atoms with Gasteiger partial charge in [-0.05, 0) is 64.6 Å². The predicted octanol–water partition coefficient (Wildman–Crippen LogP) is 6.88. The molecule has 119 valence electrons. The van der Waals surface area contributed by atoms with Gasteiger partial charge >= 0.3 is 0 Å². The first-order chi connectivity index (χ1) is 10.9. The molecule has 0 atom stereocenters. The molecule has 0 aromatic heterocycles. The maximum Gasteiger partial charge on any atom is 0.0161 e. The summed E-state index contributed by atoms with van der Waals surface area (Å²) in [5.74, 6) is 1.10. The molecule has 23 heavy (non-hydrogen) atoms. The first kappa shape index (κ1) is 16.1. The molecule has 1 aliphatic carbocycles. The third-order valence-electron chi connectivity index (χ3n) is 4.84. The van der Waals surface area contributed by atoms with Gasteiger partial charge < -0.3 is 0 Å². The SMILES string of the molecule is CC1=Cc2c(ccc(C)c2-c2cc(C(C)C)cc(C(C)C)c2)[CH]1. The minimum Gasteiger partial charge on any atom is -0.0642 e. The molecule has 0 fully saturated rings. The van der Waals surface area contributed by atoms with Gasteiger partial charge in [-0.2, -0.15) is 0 Å². The molecule has 0 aliphatic heterocycles. The van der Waals surface area contributed by atoms with Crippen LogP contribution in [-0.4, -0.2) is 0 Å². The number of allylic oxidation sites excluding steroid dienone is 1. The average Bonchev–Trinajstić information content (AvgIpc) is 2.86. The number of fused-ring (bicyclic) bond motifs is 1. The molecule has 0 spiro atoms. The quantitative estimate of drug-likeness (QED) is 0.580. The lowest BCUT2D eigenvalue weighted by Gasteiger charge is -2.18. The molecule has 3 rings (SSSR count). The number of benzene rings is 2. The topological polar surface area (TPSA) is 0 Å². The fourth-order valence-electron chi connectivity index (χ4n) is 3.41. The van der Waals surface area contributed by atoms with E-state index in [-0.39, 0.29) is 0 Å². The standard InChI is InChI=1S/C23H27/c1-14(2)19-11-20(15(3)4)13-21(12-19)23-17(6)7-8-18-9-16(5)10-22(18)23/h7-15H,1-6H3. The van der Waals surface area contributed by atoms with Crippen LogP contribution in [0.2, 0.25) is 0 Å². The van der Waals surface area contributed by atoms with Gasteiger partial charge in [-0.15, -0.1) is 0 Å². The Morgan fingerprint density at radius 1 is 0.783 bits per heavy atom. The summed E-state index contributed by atoms with van der Waals surface area (Å²) >= 11 is 0. The highest BCUT2D eigenvalue weighted by atomic mass is 14.2. The van der Waals surface area contributed by atoms with E-state index in [2.05, 4.69) is 84.4 Å². The Labute approximate surface area is 141 Å². The molecule has 2 aromatic rings. The third-order valence-corrected chi connectivity index (χ3v) is 4.84. The second kappa shape index (κ2) is 6.00. The van der Waals surface area contributed by atoms with Gasteiger partial charge in [0.05, 0.1) is 0 Å². The van der Waals surface area contributed by atoms with E-state index in [1.807, 2.05) is 0 Å². The lowest BCUT2D eigenvalue weighted by Crippen LogP contribution is -1.97. The summed E-state index contributed by atoms with van der Waals surface area (Å²) in [5, 5.41) is 0. The molecular weight excluding hydrogens is 276 g/mol. The van der Waals surface area contributed by atoms with E-state index in [1.54, 1.807) is 0 Å². The van der Waals surface area contributed by atoms with E-state index in [1.165, 1.54) is 44.5 Å². The van der Waals surface area contributed by atoms with Crippen LogP contribution >= 0.6 is 0 Å².